The number of carbonyl (C=O) groups is 2. The first kappa shape index (κ1) is 53.7. The van der Waals surface area contributed by atoms with Crippen LogP contribution in [-0.4, -0.2) is 49.3 Å². The van der Waals surface area contributed by atoms with Gasteiger partial charge in [0.1, 0.15) is 29.6 Å². The maximum Gasteiger partial charge on any atom is 0.472 e. The van der Waals surface area contributed by atoms with Gasteiger partial charge in [-0.3, -0.25) is 18.6 Å². The molecule has 0 fully saturated rings. The van der Waals surface area contributed by atoms with E-state index in [1.54, 1.807) is 0 Å². The molecule has 0 aliphatic carbocycles. The number of carbonyl (C=O) groups excluding carboxylic acids is 2. The van der Waals surface area contributed by atoms with Gasteiger partial charge in [-0.25, -0.2) is 4.57 Å². The van der Waals surface area contributed by atoms with Crippen molar-refractivity contribution in [1.82, 2.24) is 0 Å². The second-order valence-electron chi connectivity index (χ2n) is 16.8. The van der Waals surface area contributed by atoms with Crippen molar-refractivity contribution >= 4 is 19.8 Å². The highest BCUT2D eigenvalue weighted by atomic mass is 31.2. The molecule has 2 heterocycles. The Morgan fingerprint density at radius 2 is 1.08 bits per heavy atom. The third-order valence-electron chi connectivity index (χ3n) is 11.3. The van der Waals surface area contributed by atoms with Gasteiger partial charge >= 0.3 is 19.8 Å². The lowest BCUT2D eigenvalue weighted by Gasteiger charge is -2.19. The summed E-state index contributed by atoms with van der Waals surface area (Å²) in [5.41, 5.74) is 9.30. The summed E-state index contributed by atoms with van der Waals surface area (Å²) in [5.74, 6) is 3.74. The van der Waals surface area contributed by atoms with Crippen molar-refractivity contribution in [2.75, 3.05) is 26.4 Å². The van der Waals surface area contributed by atoms with Crippen molar-refractivity contribution in [3.8, 4) is 0 Å². The number of aryl methyl sites for hydroxylation is 5. The van der Waals surface area contributed by atoms with Crippen molar-refractivity contribution in [2.24, 2.45) is 5.73 Å². The Hall–Kier alpha value is -2.43. The predicted molar refractivity (Wildman–Crippen MR) is 240 cm³/mol. The first-order chi connectivity index (χ1) is 29.0. The van der Waals surface area contributed by atoms with Crippen LogP contribution < -0.4 is 5.73 Å². The van der Waals surface area contributed by atoms with E-state index in [-0.39, 0.29) is 32.6 Å². The van der Waals surface area contributed by atoms with Crippen molar-refractivity contribution in [2.45, 2.75) is 221 Å². The van der Waals surface area contributed by atoms with Crippen molar-refractivity contribution in [3.05, 3.63) is 45.8 Å². The van der Waals surface area contributed by atoms with E-state index in [1.807, 2.05) is 0 Å². The number of unbranched alkanes of at least 4 members (excludes halogenated alkanes) is 18. The summed E-state index contributed by atoms with van der Waals surface area (Å²) in [6.45, 7) is 10.1. The van der Waals surface area contributed by atoms with Gasteiger partial charge in [-0.1, -0.05) is 117 Å². The van der Waals surface area contributed by atoms with Gasteiger partial charge in [0.05, 0.1) is 13.2 Å². The van der Waals surface area contributed by atoms with E-state index in [1.165, 1.54) is 93.1 Å². The lowest BCUT2D eigenvalue weighted by molar-refractivity contribution is -0.161. The zero-order chi connectivity index (χ0) is 43.9. The van der Waals surface area contributed by atoms with Crippen molar-refractivity contribution in [1.29, 1.82) is 0 Å². The van der Waals surface area contributed by atoms with Gasteiger partial charge < -0.3 is 28.9 Å². The van der Waals surface area contributed by atoms with E-state index in [0.717, 1.165) is 101 Å². The third kappa shape index (κ3) is 24.9. The normalized spacial score (nSPS) is 13.1. The maximum absolute atomic E-state index is 12.7. The Morgan fingerprint density at radius 3 is 1.62 bits per heavy atom. The molecule has 60 heavy (non-hydrogen) atoms. The molecule has 0 bridgehead atoms. The smallest absolute Gasteiger partial charge is 0.466 e. The average molecular weight is 866 g/mol. The summed E-state index contributed by atoms with van der Waals surface area (Å²) in [5, 5.41) is 0. The molecule has 0 aliphatic heterocycles. The second kappa shape index (κ2) is 33.2. The van der Waals surface area contributed by atoms with Gasteiger partial charge in [0.15, 0.2) is 6.10 Å². The van der Waals surface area contributed by atoms with E-state index >= 15 is 0 Å². The number of phosphoric acid groups is 1. The summed E-state index contributed by atoms with van der Waals surface area (Å²) in [7, 11) is -4.40. The van der Waals surface area contributed by atoms with Crippen LogP contribution in [0.5, 0.6) is 0 Å². The molecule has 1 unspecified atom stereocenters. The molecule has 2 aromatic rings. The lowest BCUT2D eigenvalue weighted by Crippen LogP contribution is -2.29. The first-order valence-corrected chi connectivity index (χ1v) is 25.3. The van der Waals surface area contributed by atoms with E-state index < -0.39 is 32.5 Å². The molecule has 0 radical (unpaired) electrons. The SMILES string of the molecule is CCCCCc1cc(C)c(CCCCCCCCCCC(=O)O[C@H](COC(=O)CCCCCCCCCCc2oc(CCCCC)c(C)c2C)COP(=O)(O)OCCN)o1. The Morgan fingerprint density at radius 1 is 0.617 bits per heavy atom. The van der Waals surface area contributed by atoms with Crippen molar-refractivity contribution in [3.63, 3.8) is 0 Å². The molecule has 2 atom stereocenters. The highest BCUT2D eigenvalue weighted by Gasteiger charge is 2.26. The fourth-order valence-electron chi connectivity index (χ4n) is 7.48. The Balaban J connectivity index is 1.57. The molecule has 0 amide bonds. The highest BCUT2D eigenvalue weighted by Crippen LogP contribution is 2.43. The van der Waals surface area contributed by atoms with E-state index in [0.29, 0.717) is 12.8 Å². The van der Waals surface area contributed by atoms with Crippen LogP contribution in [-0.2, 0) is 58.4 Å². The molecule has 0 saturated carbocycles. The Bertz CT molecular complexity index is 1470. The minimum Gasteiger partial charge on any atom is -0.466 e. The van der Waals surface area contributed by atoms with Gasteiger partial charge in [0.25, 0.3) is 0 Å². The number of rotatable bonds is 39. The topological polar surface area (TPSA) is 161 Å². The van der Waals surface area contributed by atoms with Gasteiger partial charge in [-0.2, -0.15) is 0 Å². The highest BCUT2D eigenvalue weighted by molar-refractivity contribution is 7.47. The molecule has 346 valence electrons. The number of ether oxygens (including phenoxy) is 2. The van der Waals surface area contributed by atoms with Crippen LogP contribution >= 0.6 is 7.82 Å². The lowest BCUT2D eigenvalue weighted by atomic mass is 10.0. The summed E-state index contributed by atoms with van der Waals surface area (Å²) < 4.78 is 45.3. The Kier molecular flexibility index (Phi) is 29.7. The number of hydrogen-bond donors (Lipinski definition) is 2. The quantitative estimate of drug-likeness (QED) is 0.0374. The molecule has 11 nitrogen and oxygen atoms in total. The molecular weight excluding hydrogens is 781 g/mol. The first-order valence-electron chi connectivity index (χ1n) is 23.8. The van der Waals surface area contributed by atoms with Crippen LogP contribution in [0.25, 0.3) is 0 Å². The van der Waals surface area contributed by atoms with Crippen LogP contribution in [0.15, 0.2) is 14.9 Å². The molecule has 0 aliphatic rings. The number of esters is 2. The molecule has 12 heteroatoms. The summed E-state index contributed by atoms with van der Waals surface area (Å²) >= 11 is 0. The number of nitrogens with two attached hydrogens (primary N) is 1. The fourth-order valence-corrected chi connectivity index (χ4v) is 8.24. The van der Waals surface area contributed by atoms with Gasteiger partial charge in [0, 0.05) is 45.1 Å². The summed E-state index contributed by atoms with van der Waals surface area (Å²) in [6.07, 6.45) is 27.7. The van der Waals surface area contributed by atoms with E-state index in [2.05, 4.69) is 40.7 Å². The maximum atomic E-state index is 12.7. The van der Waals surface area contributed by atoms with Gasteiger partial charge in [-0.05, 0) is 82.1 Å². The predicted octanol–water partition coefficient (Wildman–Crippen LogP) is 12.6. The number of furan rings is 2. The van der Waals surface area contributed by atoms with Crippen LogP contribution in [0.4, 0.5) is 0 Å². The molecule has 2 rings (SSSR count). The standard InChI is InChI=1S/C48H84NO10P/c1-6-8-22-28-42-36-39(3)44(57-42)29-24-18-14-10-13-17-21-27-33-48(51)58-43(38-56-60(52,53)55-35-34-49)37-54-47(50)32-26-20-16-12-11-15-19-25-31-46-41(5)40(4)45(59-46)30-23-9-7-2/h36,43H,6-35,37-38,49H2,1-5H3,(H,52,53)/t43-/m1/s1. The number of hydrogen-bond acceptors (Lipinski definition) is 10. The number of phosphoric ester groups is 1. The van der Waals surface area contributed by atoms with Crippen LogP contribution in [0.2, 0.25) is 0 Å². The molecule has 0 spiro atoms. The minimum atomic E-state index is -4.40. The van der Waals surface area contributed by atoms with Crippen LogP contribution in [0.3, 0.4) is 0 Å². The molecule has 2 aromatic heterocycles. The Labute approximate surface area is 363 Å². The van der Waals surface area contributed by atoms with Crippen LogP contribution in [0.1, 0.15) is 208 Å². The summed E-state index contributed by atoms with van der Waals surface area (Å²) in [4.78, 5) is 35.2. The second-order valence-corrected chi connectivity index (χ2v) is 18.2. The van der Waals surface area contributed by atoms with E-state index in [4.69, 9.17) is 33.1 Å². The average Bonchev–Trinajstić information content (AvgIpc) is 3.71. The van der Waals surface area contributed by atoms with Crippen molar-refractivity contribution < 1.29 is 46.4 Å². The zero-order valence-electron chi connectivity index (χ0n) is 38.4. The molecule has 0 saturated heterocycles. The van der Waals surface area contributed by atoms with Gasteiger partial charge in [0.2, 0.25) is 0 Å². The van der Waals surface area contributed by atoms with Gasteiger partial charge in [-0.15, -0.1) is 0 Å². The molecule has 0 aromatic carbocycles. The molecule has 3 N–H and O–H groups in total. The van der Waals surface area contributed by atoms with E-state index in [9.17, 15) is 19.0 Å². The summed E-state index contributed by atoms with van der Waals surface area (Å²) in [6, 6.07) is 2.21. The monoisotopic (exact) mass is 866 g/mol. The zero-order valence-corrected chi connectivity index (χ0v) is 39.3. The molecular formula is C48H84NO10P. The minimum absolute atomic E-state index is 0.0431. The third-order valence-corrected chi connectivity index (χ3v) is 12.3. The largest absolute Gasteiger partial charge is 0.472 e. The fraction of sp³-hybridized carbons (Fsp3) is 0.792. The van der Waals surface area contributed by atoms with Crippen LogP contribution in [0, 0.1) is 20.8 Å².